The molecule has 2 heterocycles. The molecule has 0 bridgehead atoms. The highest BCUT2D eigenvalue weighted by atomic mass is 32.1. The predicted molar refractivity (Wildman–Crippen MR) is 82.5 cm³/mol. The molecule has 2 rings (SSSR count). The maximum Gasteiger partial charge on any atom is 0.251 e. The van der Waals surface area contributed by atoms with Crippen molar-refractivity contribution in [3.8, 4) is 0 Å². The van der Waals surface area contributed by atoms with Crippen LogP contribution < -0.4 is 11.1 Å². The summed E-state index contributed by atoms with van der Waals surface area (Å²) in [6, 6.07) is 1.62. The Labute approximate surface area is 128 Å². The van der Waals surface area contributed by atoms with Crippen LogP contribution in [0.3, 0.4) is 0 Å². The lowest BCUT2D eigenvalue weighted by Gasteiger charge is -2.35. The lowest BCUT2D eigenvalue weighted by molar-refractivity contribution is -0.117. The minimum Gasteiger partial charge on any atom is -0.373 e. The van der Waals surface area contributed by atoms with Crippen molar-refractivity contribution in [3.63, 3.8) is 0 Å². The highest BCUT2D eigenvalue weighted by Crippen LogP contribution is 2.22. The Balaban J connectivity index is 1.82. The quantitative estimate of drug-likeness (QED) is 0.858. The SMILES string of the molecule is CC1CN(CCC(=O)Nc2sccc2C(N)=O)CC(C)O1. The molecule has 0 aromatic carbocycles. The number of hydrogen-bond donors (Lipinski definition) is 2. The molecule has 1 saturated heterocycles. The number of anilines is 1. The molecule has 0 spiro atoms. The smallest absolute Gasteiger partial charge is 0.251 e. The highest BCUT2D eigenvalue weighted by molar-refractivity contribution is 7.14. The first-order valence-electron chi connectivity index (χ1n) is 7.00. The van der Waals surface area contributed by atoms with Crippen molar-refractivity contribution in [2.45, 2.75) is 32.5 Å². The summed E-state index contributed by atoms with van der Waals surface area (Å²) < 4.78 is 5.66. The van der Waals surface area contributed by atoms with E-state index < -0.39 is 5.91 Å². The number of thiophene rings is 1. The normalized spacial score (nSPS) is 23.0. The Morgan fingerprint density at radius 2 is 2.10 bits per heavy atom. The maximum absolute atomic E-state index is 12.0. The van der Waals surface area contributed by atoms with E-state index in [-0.39, 0.29) is 18.1 Å². The number of morpholine rings is 1. The van der Waals surface area contributed by atoms with Crippen LogP contribution in [0.5, 0.6) is 0 Å². The minimum absolute atomic E-state index is 0.105. The average Bonchev–Trinajstić information content (AvgIpc) is 2.83. The number of nitrogens with zero attached hydrogens (tertiary/aromatic N) is 1. The standard InChI is InChI=1S/C14H21N3O3S/c1-9-7-17(8-10(2)20-9)5-3-12(18)16-14-11(13(15)19)4-6-21-14/h4,6,9-10H,3,5,7-8H2,1-2H3,(H2,15,19)(H,16,18). The van der Waals surface area contributed by atoms with Crippen LogP contribution in [0.4, 0.5) is 5.00 Å². The van der Waals surface area contributed by atoms with E-state index in [4.69, 9.17) is 10.5 Å². The fourth-order valence-electron chi connectivity index (χ4n) is 2.52. The van der Waals surface area contributed by atoms with Crippen molar-refractivity contribution in [3.05, 3.63) is 17.0 Å². The van der Waals surface area contributed by atoms with Gasteiger partial charge in [-0.1, -0.05) is 0 Å². The molecule has 2 atom stereocenters. The van der Waals surface area contributed by atoms with Gasteiger partial charge in [-0.05, 0) is 25.3 Å². The predicted octanol–water partition coefficient (Wildman–Crippen LogP) is 1.28. The monoisotopic (exact) mass is 311 g/mol. The summed E-state index contributed by atoms with van der Waals surface area (Å²) in [5, 5.41) is 5.02. The second-order valence-electron chi connectivity index (χ2n) is 5.34. The molecular weight excluding hydrogens is 290 g/mol. The molecule has 0 saturated carbocycles. The fourth-order valence-corrected chi connectivity index (χ4v) is 3.32. The largest absolute Gasteiger partial charge is 0.373 e. The Morgan fingerprint density at radius 1 is 1.43 bits per heavy atom. The van der Waals surface area contributed by atoms with Gasteiger partial charge in [0.05, 0.1) is 17.8 Å². The number of nitrogens with two attached hydrogens (primary N) is 1. The van der Waals surface area contributed by atoms with Gasteiger partial charge in [0.15, 0.2) is 0 Å². The highest BCUT2D eigenvalue weighted by Gasteiger charge is 2.22. The summed E-state index contributed by atoms with van der Waals surface area (Å²) in [6.07, 6.45) is 0.765. The molecule has 1 aromatic heterocycles. The van der Waals surface area contributed by atoms with Gasteiger partial charge in [0, 0.05) is 26.1 Å². The van der Waals surface area contributed by atoms with E-state index in [2.05, 4.69) is 10.2 Å². The number of hydrogen-bond acceptors (Lipinski definition) is 5. The zero-order chi connectivity index (χ0) is 15.4. The van der Waals surface area contributed by atoms with Crippen molar-refractivity contribution in [2.24, 2.45) is 5.73 Å². The minimum atomic E-state index is -0.526. The third-order valence-electron chi connectivity index (χ3n) is 3.33. The van der Waals surface area contributed by atoms with Gasteiger partial charge in [0.2, 0.25) is 5.91 Å². The second kappa shape index (κ2) is 7.02. The van der Waals surface area contributed by atoms with Crippen LogP contribution in [0, 0.1) is 0 Å². The number of ether oxygens (including phenoxy) is 1. The van der Waals surface area contributed by atoms with Gasteiger partial charge in [0.25, 0.3) is 5.91 Å². The van der Waals surface area contributed by atoms with E-state index in [0.717, 1.165) is 13.1 Å². The topological polar surface area (TPSA) is 84.7 Å². The summed E-state index contributed by atoms with van der Waals surface area (Å²) in [5.74, 6) is -0.630. The van der Waals surface area contributed by atoms with E-state index in [1.807, 2.05) is 13.8 Å². The lowest BCUT2D eigenvalue weighted by Crippen LogP contribution is -2.46. The first-order valence-corrected chi connectivity index (χ1v) is 7.88. The van der Waals surface area contributed by atoms with Crippen LogP contribution in [0.1, 0.15) is 30.6 Å². The molecule has 0 radical (unpaired) electrons. The Morgan fingerprint density at radius 3 is 2.71 bits per heavy atom. The molecule has 2 amide bonds. The van der Waals surface area contributed by atoms with E-state index in [9.17, 15) is 9.59 Å². The fraction of sp³-hybridized carbons (Fsp3) is 0.571. The zero-order valence-electron chi connectivity index (χ0n) is 12.3. The molecule has 1 aromatic rings. The van der Waals surface area contributed by atoms with Crippen molar-refractivity contribution in [2.75, 3.05) is 25.0 Å². The Bertz CT molecular complexity index is 507. The van der Waals surface area contributed by atoms with Gasteiger partial charge < -0.3 is 15.8 Å². The summed E-state index contributed by atoms with van der Waals surface area (Å²) in [5.41, 5.74) is 5.61. The van der Waals surface area contributed by atoms with Crippen molar-refractivity contribution in [1.82, 2.24) is 4.90 Å². The molecule has 21 heavy (non-hydrogen) atoms. The van der Waals surface area contributed by atoms with Gasteiger partial charge in [-0.3, -0.25) is 14.5 Å². The lowest BCUT2D eigenvalue weighted by atomic mass is 10.2. The first-order chi connectivity index (χ1) is 9.95. The van der Waals surface area contributed by atoms with E-state index >= 15 is 0 Å². The number of amides is 2. The molecule has 6 nitrogen and oxygen atoms in total. The van der Waals surface area contributed by atoms with Gasteiger partial charge in [0.1, 0.15) is 5.00 Å². The summed E-state index contributed by atoms with van der Waals surface area (Å²) in [7, 11) is 0. The van der Waals surface area contributed by atoms with Crippen molar-refractivity contribution >= 4 is 28.2 Å². The Kier molecular flexibility index (Phi) is 5.33. The number of carbonyl (C=O) groups is 2. The van der Waals surface area contributed by atoms with E-state index in [1.54, 1.807) is 11.4 Å². The van der Waals surface area contributed by atoms with Crippen LogP contribution in [0.15, 0.2) is 11.4 Å². The number of carbonyl (C=O) groups excluding carboxylic acids is 2. The number of rotatable bonds is 5. The van der Waals surface area contributed by atoms with Crippen LogP contribution in [0.2, 0.25) is 0 Å². The van der Waals surface area contributed by atoms with Crippen LogP contribution >= 0.6 is 11.3 Å². The number of primary amides is 1. The average molecular weight is 311 g/mol. The first kappa shape index (κ1) is 15.9. The molecule has 116 valence electrons. The summed E-state index contributed by atoms with van der Waals surface area (Å²) >= 11 is 1.30. The van der Waals surface area contributed by atoms with Gasteiger partial charge >= 0.3 is 0 Å². The molecule has 1 aliphatic heterocycles. The van der Waals surface area contributed by atoms with Crippen LogP contribution in [-0.4, -0.2) is 48.6 Å². The van der Waals surface area contributed by atoms with Crippen LogP contribution in [-0.2, 0) is 9.53 Å². The zero-order valence-corrected chi connectivity index (χ0v) is 13.1. The number of nitrogens with one attached hydrogen (secondary N) is 1. The third-order valence-corrected chi connectivity index (χ3v) is 4.16. The van der Waals surface area contributed by atoms with Crippen LogP contribution in [0.25, 0.3) is 0 Å². The van der Waals surface area contributed by atoms with E-state index in [0.29, 0.717) is 23.5 Å². The molecular formula is C14H21N3O3S. The van der Waals surface area contributed by atoms with Gasteiger partial charge in [-0.15, -0.1) is 11.3 Å². The second-order valence-corrected chi connectivity index (χ2v) is 6.26. The molecule has 1 aliphatic rings. The van der Waals surface area contributed by atoms with Gasteiger partial charge in [-0.25, -0.2) is 0 Å². The van der Waals surface area contributed by atoms with Crippen molar-refractivity contribution in [1.29, 1.82) is 0 Å². The third kappa shape index (κ3) is 4.52. The summed E-state index contributed by atoms with van der Waals surface area (Å²) in [4.78, 5) is 25.4. The molecule has 0 aliphatic carbocycles. The van der Waals surface area contributed by atoms with Gasteiger partial charge in [-0.2, -0.15) is 0 Å². The van der Waals surface area contributed by atoms with Crippen molar-refractivity contribution < 1.29 is 14.3 Å². The van der Waals surface area contributed by atoms with E-state index in [1.165, 1.54) is 11.3 Å². The maximum atomic E-state index is 12.0. The summed E-state index contributed by atoms with van der Waals surface area (Å²) in [6.45, 7) is 6.43. The molecule has 2 unspecified atom stereocenters. The molecule has 3 N–H and O–H groups in total. The molecule has 7 heteroatoms. The molecule has 1 fully saturated rings. The Hall–Kier alpha value is -1.44.